The first kappa shape index (κ1) is 22.3. The Balaban J connectivity index is 2.24. The van der Waals surface area contributed by atoms with Crippen LogP contribution in [0.5, 0.6) is 0 Å². The molecule has 0 saturated heterocycles. The Bertz CT molecular complexity index is 865. The molecule has 0 spiro atoms. The lowest BCUT2D eigenvalue weighted by Gasteiger charge is -2.09. The van der Waals surface area contributed by atoms with E-state index in [1.807, 2.05) is 36.5 Å². The number of nitrogens with two attached hydrogens (primary N) is 2. The number of hydrogen-bond acceptors (Lipinski definition) is 3. The SMILES string of the molecule is CCCCN=C(Cc1ccc(-c2ccccc2C(N)=NC)nc1)N=C(N)CCC. The van der Waals surface area contributed by atoms with Crippen molar-refractivity contribution in [1.82, 2.24) is 4.98 Å². The number of pyridine rings is 1. The smallest absolute Gasteiger partial charge is 0.129 e. The molecule has 0 aliphatic rings. The maximum Gasteiger partial charge on any atom is 0.129 e. The molecule has 0 aliphatic heterocycles. The number of unbranched alkanes of at least 4 members (excludes halogenated alkanes) is 1. The molecule has 1 aromatic carbocycles. The molecule has 0 unspecified atom stereocenters. The van der Waals surface area contributed by atoms with E-state index >= 15 is 0 Å². The average molecular weight is 393 g/mol. The van der Waals surface area contributed by atoms with Gasteiger partial charge in [0.1, 0.15) is 17.5 Å². The fourth-order valence-corrected chi connectivity index (χ4v) is 2.90. The van der Waals surface area contributed by atoms with Crippen molar-refractivity contribution in [3.05, 3.63) is 53.7 Å². The van der Waals surface area contributed by atoms with Crippen molar-refractivity contribution >= 4 is 17.5 Å². The Hall–Kier alpha value is -3.02. The van der Waals surface area contributed by atoms with E-state index in [4.69, 9.17) is 11.5 Å². The summed E-state index contributed by atoms with van der Waals surface area (Å²) < 4.78 is 0. The van der Waals surface area contributed by atoms with Crippen molar-refractivity contribution in [2.75, 3.05) is 13.6 Å². The van der Waals surface area contributed by atoms with Crippen LogP contribution in [0, 0.1) is 0 Å². The summed E-state index contributed by atoms with van der Waals surface area (Å²) in [4.78, 5) is 17.9. The molecule has 6 heteroatoms. The molecule has 0 atom stereocenters. The van der Waals surface area contributed by atoms with Crippen LogP contribution in [0.3, 0.4) is 0 Å². The molecular formula is C23H32N6. The van der Waals surface area contributed by atoms with Crippen LogP contribution in [0.4, 0.5) is 0 Å². The lowest BCUT2D eigenvalue weighted by molar-refractivity contribution is 0.805. The predicted octanol–water partition coefficient (Wildman–Crippen LogP) is 3.98. The lowest BCUT2D eigenvalue weighted by atomic mass is 10.0. The number of rotatable bonds is 9. The summed E-state index contributed by atoms with van der Waals surface area (Å²) in [6.45, 7) is 5.01. The molecule has 0 amide bonds. The van der Waals surface area contributed by atoms with Crippen LogP contribution in [-0.4, -0.2) is 36.1 Å². The van der Waals surface area contributed by atoms with Crippen LogP contribution in [0.2, 0.25) is 0 Å². The highest BCUT2D eigenvalue weighted by atomic mass is 15.0. The van der Waals surface area contributed by atoms with Crippen molar-refractivity contribution < 1.29 is 0 Å². The van der Waals surface area contributed by atoms with Crippen LogP contribution < -0.4 is 11.5 Å². The zero-order chi connectivity index (χ0) is 21.1. The van der Waals surface area contributed by atoms with Gasteiger partial charge in [-0.2, -0.15) is 0 Å². The van der Waals surface area contributed by atoms with Gasteiger partial charge in [0, 0.05) is 43.8 Å². The van der Waals surface area contributed by atoms with E-state index < -0.39 is 0 Å². The van der Waals surface area contributed by atoms with Gasteiger partial charge >= 0.3 is 0 Å². The quantitative estimate of drug-likeness (QED) is 0.383. The van der Waals surface area contributed by atoms with Crippen LogP contribution in [0.1, 0.15) is 50.7 Å². The van der Waals surface area contributed by atoms with Gasteiger partial charge in [0.05, 0.1) is 5.69 Å². The third kappa shape index (κ3) is 6.82. The molecule has 29 heavy (non-hydrogen) atoms. The van der Waals surface area contributed by atoms with Gasteiger partial charge < -0.3 is 11.5 Å². The molecule has 0 aliphatic carbocycles. The summed E-state index contributed by atoms with van der Waals surface area (Å²) in [5.74, 6) is 1.90. The second-order valence-electron chi connectivity index (χ2n) is 6.89. The topological polar surface area (TPSA) is 102 Å². The maximum atomic E-state index is 6.04. The summed E-state index contributed by atoms with van der Waals surface area (Å²) >= 11 is 0. The molecule has 2 aromatic rings. The third-order valence-electron chi connectivity index (χ3n) is 4.49. The largest absolute Gasteiger partial charge is 0.387 e. The standard InChI is InChI=1S/C23H32N6/c1-4-6-14-27-22(29-21(24)9-5-2)15-17-12-13-20(28-16-17)18-10-7-8-11-19(18)23(25)26-3/h7-8,10-13,16H,4-6,9,14-15H2,1-3H3,(H2,25,26)(H2,24,27,29). The highest BCUT2D eigenvalue weighted by molar-refractivity contribution is 6.03. The number of aromatic nitrogens is 1. The van der Waals surface area contributed by atoms with Gasteiger partial charge in [-0.05, 0) is 24.5 Å². The molecule has 4 N–H and O–H groups in total. The minimum absolute atomic E-state index is 0.498. The Kier molecular flexibility index (Phi) is 9.02. The molecule has 2 rings (SSSR count). The van der Waals surface area contributed by atoms with Gasteiger partial charge in [-0.25, -0.2) is 4.99 Å². The Morgan fingerprint density at radius 3 is 2.48 bits per heavy atom. The highest BCUT2D eigenvalue weighted by Gasteiger charge is 2.09. The Labute approximate surface area is 173 Å². The summed E-state index contributed by atoms with van der Waals surface area (Å²) in [5.41, 5.74) is 15.8. The van der Waals surface area contributed by atoms with Gasteiger partial charge in [-0.15, -0.1) is 0 Å². The Morgan fingerprint density at radius 2 is 1.83 bits per heavy atom. The zero-order valence-corrected chi connectivity index (χ0v) is 17.7. The first-order chi connectivity index (χ1) is 14.1. The van der Waals surface area contributed by atoms with Crippen molar-refractivity contribution in [3.63, 3.8) is 0 Å². The maximum absolute atomic E-state index is 6.04. The summed E-state index contributed by atoms with van der Waals surface area (Å²) in [6, 6.07) is 11.9. The van der Waals surface area contributed by atoms with Crippen LogP contribution in [0.25, 0.3) is 11.3 Å². The number of aliphatic imine (C=N–C) groups is 3. The second-order valence-corrected chi connectivity index (χ2v) is 6.89. The highest BCUT2D eigenvalue weighted by Crippen LogP contribution is 2.22. The van der Waals surface area contributed by atoms with Gasteiger partial charge in [-0.3, -0.25) is 15.0 Å². The van der Waals surface area contributed by atoms with Gasteiger partial charge in [0.15, 0.2) is 0 Å². The fraction of sp³-hybridized carbons (Fsp3) is 0.391. The first-order valence-electron chi connectivity index (χ1n) is 10.2. The number of amidine groups is 3. The van der Waals surface area contributed by atoms with E-state index in [9.17, 15) is 0 Å². The van der Waals surface area contributed by atoms with E-state index in [2.05, 4.69) is 39.9 Å². The number of nitrogens with zero attached hydrogens (tertiary/aromatic N) is 4. The monoisotopic (exact) mass is 392 g/mol. The molecule has 0 radical (unpaired) electrons. The third-order valence-corrected chi connectivity index (χ3v) is 4.49. The zero-order valence-electron chi connectivity index (χ0n) is 17.7. The molecule has 0 bridgehead atoms. The molecular weight excluding hydrogens is 360 g/mol. The minimum Gasteiger partial charge on any atom is -0.387 e. The first-order valence-corrected chi connectivity index (χ1v) is 10.2. The predicted molar refractivity (Wildman–Crippen MR) is 124 cm³/mol. The number of benzene rings is 1. The lowest BCUT2D eigenvalue weighted by Crippen LogP contribution is -2.15. The van der Waals surface area contributed by atoms with Crippen molar-refractivity contribution in [2.24, 2.45) is 26.4 Å². The normalized spacial score (nSPS) is 13.0. The molecule has 0 saturated carbocycles. The molecule has 1 aromatic heterocycles. The van der Waals surface area contributed by atoms with E-state index in [1.54, 1.807) is 7.05 Å². The fourth-order valence-electron chi connectivity index (χ4n) is 2.90. The Morgan fingerprint density at radius 1 is 1.03 bits per heavy atom. The van der Waals surface area contributed by atoms with E-state index in [0.29, 0.717) is 18.1 Å². The molecule has 0 fully saturated rings. The second kappa shape index (κ2) is 11.7. The van der Waals surface area contributed by atoms with Crippen LogP contribution >= 0.6 is 0 Å². The van der Waals surface area contributed by atoms with Crippen molar-refractivity contribution in [3.8, 4) is 11.3 Å². The van der Waals surface area contributed by atoms with E-state index in [1.165, 1.54) is 0 Å². The van der Waals surface area contributed by atoms with Crippen LogP contribution in [0.15, 0.2) is 57.6 Å². The van der Waals surface area contributed by atoms with Crippen molar-refractivity contribution in [1.29, 1.82) is 0 Å². The van der Waals surface area contributed by atoms with Crippen molar-refractivity contribution in [2.45, 2.75) is 46.0 Å². The van der Waals surface area contributed by atoms with Crippen LogP contribution in [-0.2, 0) is 6.42 Å². The molecule has 154 valence electrons. The van der Waals surface area contributed by atoms with E-state index in [0.717, 1.165) is 60.4 Å². The van der Waals surface area contributed by atoms with E-state index in [-0.39, 0.29) is 0 Å². The van der Waals surface area contributed by atoms with Gasteiger partial charge in [0.2, 0.25) is 0 Å². The molecule has 6 nitrogen and oxygen atoms in total. The summed E-state index contributed by atoms with van der Waals surface area (Å²) in [6.07, 6.45) is 6.37. The molecule has 1 heterocycles. The average Bonchev–Trinajstić information content (AvgIpc) is 2.74. The number of hydrogen-bond donors (Lipinski definition) is 2. The van der Waals surface area contributed by atoms with Gasteiger partial charge in [-0.1, -0.05) is 50.6 Å². The minimum atomic E-state index is 0.498. The summed E-state index contributed by atoms with van der Waals surface area (Å²) in [7, 11) is 1.69. The summed E-state index contributed by atoms with van der Waals surface area (Å²) in [5, 5.41) is 0. The van der Waals surface area contributed by atoms with Gasteiger partial charge in [0.25, 0.3) is 0 Å².